The number of hydrogen-bond donors (Lipinski definition) is 3. The molecular formula is C11H15FN2O3. The number of carbonyl (C=O) groups is 1. The molecule has 0 aliphatic heterocycles. The summed E-state index contributed by atoms with van der Waals surface area (Å²) in [5, 5.41) is 20.9. The topological polar surface area (TPSA) is 82.5 Å². The van der Waals surface area contributed by atoms with E-state index in [1.54, 1.807) is 13.8 Å². The van der Waals surface area contributed by atoms with Crippen LogP contribution in [0.5, 0.6) is 0 Å². The summed E-state index contributed by atoms with van der Waals surface area (Å²) in [7, 11) is 0. The minimum absolute atomic E-state index is 0.104. The summed E-state index contributed by atoms with van der Waals surface area (Å²) in [6, 6.07) is 0.748. The maximum absolute atomic E-state index is 12.9. The average molecular weight is 242 g/mol. The smallest absolute Gasteiger partial charge is 0.339 e. The van der Waals surface area contributed by atoms with E-state index < -0.39 is 17.9 Å². The number of nitrogens with zero attached hydrogens (tertiary/aromatic N) is 1. The Hall–Kier alpha value is -1.69. The molecule has 17 heavy (non-hydrogen) atoms. The lowest BCUT2D eigenvalue weighted by atomic mass is 10.1. The zero-order valence-electron chi connectivity index (χ0n) is 9.64. The lowest BCUT2D eigenvalue weighted by Crippen LogP contribution is -2.22. The molecule has 0 aliphatic rings. The van der Waals surface area contributed by atoms with Crippen LogP contribution in [-0.4, -0.2) is 33.3 Å². The highest BCUT2D eigenvalue weighted by atomic mass is 19.1. The maximum Gasteiger partial charge on any atom is 0.339 e. The van der Waals surface area contributed by atoms with E-state index in [0.29, 0.717) is 6.42 Å². The first-order valence-corrected chi connectivity index (χ1v) is 5.23. The van der Waals surface area contributed by atoms with Gasteiger partial charge in [0, 0.05) is 6.04 Å². The molecule has 2 unspecified atom stereocenters. The van der Waals surface area contributed by atoms with Gasteiger partial charge >= 0.3 is 5.97 Å². The highest BCUT2D eigenvalue weighted by Gasteiger charge is 2.15. The Morgan fingerprint density at radius 1 is 1.59 bits per heavy atom. The van der Waals surface area contributed by atoms with Crippen LogP contribution in [-0.2, 0) is 0 Å². The Bertz CT molecular complexity index is 410. The molecule has 0 aromatic carbocycles. The summed E-state index contributed by atoms with van der Waals surface area (Å²) in [5.74, 6) is -1.84. The van der Waals surface area contributed by atoms with Crippen molar-refractivity contribution in [2.75, 3.05) is 5.32 Å². The lowest BCUT2D eigenvalue weighted by Gasteiger charge is -2.17. The Labute approximate surface area is 98.3 Å². The van der Waals surface area contributed by atoms with Gasteiger partial charge in [0.05, 0.1) is 12.3 Å². The van der Waals surface area contributed by atoms with Crippen LogP contribution in [0.1, 0.15) is 30.6 Å². The molecule has 1 aromatic heterocycles. The normalized spacial score (nSPS) is 14.1. The number of hydrogen-bond acceptors (Lipinski definition) is 4. The fourth-order valence-electron chi connectivity index (χ4n) is 1.52. The third kappa shape index (κ3) is 3.99. The van der Waals surface area contributed by atoms with Crippen molar-refractivity contribution >= 4 is 11.8 Å². The van der Waals surface area contributed by atoms with Crippen LogP contribution < -0.4 is 5.32 Å². The summed E-state index contributed by atoms with van der Waals surface area (Å²) >= 11 is 0. The molecule has 0 fully saturated rings. The molecule has 0 amide bonds. The van der Waals surface area contributed by atoms with Crippen molar-refractivity contribution in [3.05, 3.63) is 23.6 Å². The van der Waals surface area contributed by atoms with E-state index in [4.69, 9.17) is 5.11 Å². The maximum atomic E-state index is 12.9. The van der Waals surface area contributed by atoms with E-state index in [-0.39, 0.29) is 17.4 Å². The van der Waals surface area contributed by atoms with E-state index in [0.717, 1.165) is 12.3 Å². The van der Waals surface area contributed by atoms with Crippen LogP contribution in [0.3, 0.4) is 0 Å². The number of aliphatic hydroxyl groups is 1. The van der Waals surface area contributed by atoms with Gasteiger partial charge in [0.2, 0.25) is 0 Å². The molecular weight excluding hydrogens is 227 g/mol. The highest BCUT2D eigenvalue weighted by Crippen LogP contribution is 2.15. The van der Waals surface area contributed by atoms with Gasteiger partial charge in [-0.25, -0.2) is 14.2 Å². The number of nitrogens with one attached hydrogen (secondary N) is 1. The van der Waals surface area contributed by atoms with Gasteiger partial charge in [0.1, 0.15) is 17.2 Å². The largest absolute Gasteiger partial charge is 0.478 e. The number of rotatable bonds is 5. The summed E-state index contributed by atoms with van der Waals surface area (Å²) in [6.07, 6.45) is 0.883. The standard InChI is InChI=1S/C11H15FN2O3/c1-6(3-7(2)15)14-10-9(11(16)17)4-8(12)5-13-10/h4-7,15H,3H2,1-2H3,(H,13,14)(H,16,17). The number of carboxylic acid groups (broad SMARTS) is 1. The first-order chi connectivity index (χ1) is 7.90. The number of aromatic nitrogens is 1. The average Bonchev–Trinajstić information content (AvgIpc) is 2.19. The van der Waals surface area contributed by atoms with Gasteiger partial charge in [0.15, 0.2) is 0 Å². The predicted molar refractivity (Wildman–Crippen MR) is 60.5 cm³/mol. The predicted octanol–water partition coefficient (Wildman–Crippen LogP) is 1.49. The van der Waals surface area contributed by atoms with E-state index in [1.165, 1.54) is 0 Å². The number of carboxylic acids is 1. The van der Waals surface area contributed by atoms with Crippen molar-refractivity contribution in [2.45, 2.75) is 32.4 Å². The number of aromatic carboxylic acids is 1. The molecule has 0 spiro atoms. The van der Waals surface area contributed by atoms with E-state index in [2.05, 4.69) is 10.3 Å². The SMILES string of the molecule is CC(O)CC(C)Nc1ncc(F)cc1C(=O)O. The van der Waals surface area contributed by atoms with Crippen molar-refractivity contribution in [3.8, 4) is 0 Å². The van der Waals surface area contributed by atoms with E-state index in [1.807, 2.05) is 0 Å². The molecule has 6 heteroatoms. The molecule has 0 aliphatic carbocycles. The van der Waals surface area contributed by atoms with Crippen LogP contribution in [0, 0.1) is 5.82 Å². The first kappa shape index (κ1) is 13.4. The van der Waals surface area contributed by atoms with Crippen molar-refractivity contribution in [1.29, 1.82) is 0 Å². The monoisotopic (exact) mass is 242 g/mol. The van der Waals surface area contributed by atoms with Gasteiger partial charge in [-0.3, -0.25) is 0 Å². The fourth-order valence-corrected chi connectivity index (χ4v) is 1.52. The van der Waals surface area contributed by atoms with E-state index in [9.17, 15) is 14.3 Å². The Kier molecular flexibility index (Phi) is 4.39. The Balaban J connectivity index is 2.86. The van der Waals surface area contributed by atoms with Crippen molar-refractivity contribution in [1.82, 2.24) is 4.98 Å². The zero-order chi connectivity index (χ0) is 13.0. The van der Waals surface area contributed by atoms with Crippen LogP contribution in [0.15, 0.2) is 12.3 Å². The van der Waals surface area contributed by atoms with Gasteiger partial charge < -0.3 is 15.5 Å². The number of halogens is 1. The number of anilines is 1. The summed E-state index contributed by atoms with van der Waals surface area (Å²) in [5.41, 5.74) is -0.220. The number of aliphatic hydroxyl groups excluding tert-OH is 1. The summed E-state index contributed by atoms with van der Waals surface area (Å²) in [6.45, 7) is 3.41. The molecule has 1 rings (SSSR count). The van der Waals surface area contributed by atoms with Gasteiger partial charge in [0.25, 0.3) is 0 Å². The quantitative estimate of drug-likeness (QED) is 0.728. The van der Waals surface area contributed by atoms with Crippen LogP contribution in [0.4, 0.5) is 10.2 Å². The number of pyridine rings is 1. The van der Waals surface area contributed by atoms with Crippen LogP contribution >= 0.6 is 0 Å². The minimum Gasteiger partial charge on any atom is -0.478 e. The highest BCUT2D eigenvalue weighted by molar-refractivity contribution is 5.93. The summed E-state index contributed by atoms with van der Waals surface area (Å²) in [4.78, 5) is 14.6. The molecule has 0 bridgehead atoms. The molecule has 1 heterocycles. The first-order valence-electron chi connectivity index (χ1n) is 5.23. The molecule has 0 saturated heterocycles. The van der Waals surface area contributed by atoms with Gasteiger partial charge in [-0.1, -0.05) is 0 Å². The third-order valence-corrected chi connectivity index (χ3v) is 2.16. The second kappa shape index (κ2) is 5.58. The molecule has 94 valence electrons. The molecule has 3 N–H and O–H groups in total. The molecule has 1 aromatic rings. The second-order valence-corrected chi connectivity index (χ2v) is 3.98. The molecule has 5 nitrogen and oxygen atoms in total. The Morgan fingerprint density at radius 2 is 2.24 bits per heavy atom. The summed E-state index contributed by atoms with van der Waals surface area (Å²) < 4.78 is 12.9. The zero-order valence-corrected chi connectivity index (χ0v) is 9.64. The molecule has 0 saturated carbocycles. The van der Waals surface area contributed by atoms with Crippen LogP contribution in [0.2, 0.25) is 0 Å². The van der Waals surface area contributed by atoms with Gasteiger partial charge in [-0.15, -0.1) is 0 Å². The van der Waals surface area contributed by atoms with Crippen LogP contribution in [0.25, 0.3) is 0 Å². The van der Waals surface area contributed by atoms with E-state index >= 15 is 0 Å². The van der Waals surface area contributed by atoms with Crippen molar-refractivity contribution < 1.29 is 19.4 Å². The Morgan fingerprint density at radius 3 is 2.76 bits per heavy atom. The lowest BCUT2D eigenvalue weighted by molar-refractivity contribution is 0.0697. The minimum atomic E-state index is -1.25. The van der Waals surface area contributed by atoms with Crippen molar-refractivity contribution in [3.63, 3.8) is 0 Å². The van der Waals surface area contributed by atoms with Crippen molar-refractivity contribution in [2.24, 2.45) is 0 Å². The molecule has 0 radical (unpaired) electrons. The second-order valence-electron chi connectivity index (χ2n) is 3.98. The fraction of sp³-hybridized carbons (Fsp3) is 0.455. The van der Waals surface area contributed by atoms with Gasteiger partial charge in [-0.05, 0) is 26.3 Å². The molecule has 2 atom stereocenters. The third-order valence-electron chi connectivity index (χ3n) is 2.16. The van der Waals surface area contributed by atoms with Gasteiger partial charge in [-0.2, -0.15) is 0 Å².